The second-order valence-corrected chi connectivity index (χ2v) is 9.38. The van der Waals surface area contributed by atoms with Gasteiger partial charge in [0.25, 0.3) is 0 Å². The van der Waals surface area contributed by atoms with Gasteiger partial charge in [0.1, 0.15) is 17.7 Å². The van der Waals surface area contributed by atoms with Gasteiger partial charge in [-0.2, -0.15) is 5.26 Å². The zero-order chi connectivity index (χ0) is 22.9. The van der Waals surface area contributed by atoms with Crippen LogP contribution in [0.2, 0.25) is 0 Å². The Morgan fingerprint density at radius 3 is 3.06 bits per heavy atom. The second kappa shape index (κ2) is 9.02. The average Bonchev–Trinajstić information content (AvgIpc) is 3.35. The monoisotopic (exact) mass is 465 g/mol. The van der Waals surface area contributed by atoms with E-state index in [4.69, 9.17) is 4.74 Å². The standard InChI is InChI=1S/C23H23N5O4S/c24-9-14-3-1-2-13-8-15(21(30)20(13)14)10-25-7-6-16-11-28(23(31)32-16)18-5-4-17-22(26-18)27-19(29)12-33-17/h1-5,15-16,21,25,30H,6-8,10-12H2,(H,26,27,29). The van der Waals surface area contributed by atoms with Crippen molar-refractivity contribution in [1.29, 1.82) is 5.26 Å². The molecule has 1 fully saturated rings. The van der Waals surface area contributed by atoms with Crippen LogP contribution >= 0.6 is 11.8 Å². The van der Waals surface area contributed by atoms with Gasteiger partial charge in [-0.15, -0.1) is 11.8 Å². The van der Waals surface area contributed by atoms with Gasteiger partial charge in [-0.1, -0.05) is 12.1 Å². The molecule has 1 aromatic carbocycles. The highest BCUT2D eigenvalue weighted by Crippen LogP contribution is 2.37. The number of benzene rings is 1. The van der Waals surface area contributed by atoms with Crippen LogP contribution in [0.25, 0.3) is 0 Å². The lowest BCUT2D eigenvalue weighted by molar-refractivity contribution is -0.113. The predicted molar refractivity (Wildman–Crippen MR) is 122 cm³/mol. The van der Waals surface area contributed by atoms with Gasteiger partial charge in [0.05, 0.1) is 34.9 Å². The van der Waals surface area contributed by atoms with Crippen molar-refractivity contribution in [3.05, 3.63) is 47.0 Å². The van der Waals surface area contributed by atoms with Crippen LogP contribution in [-0.4, -0.2) is 53.6 Å². The van der Waals surface area contributed by atoms with Crippen LogP contribution in [0, 0.1) is 17.2 Å². The fourth-order valence-electron chi connectivity index (χ4n) is 4.56. The minimum absolute atomic E-state index is 0.00454. The summed E-state index contributed by atoms with van der Waals surface area (Å²) in [7, 11) is 0. The Morgan fingerprint density at radius 1 is 1.33 bits per heavy atom. The number of hydrogen-bond donors (Lipinski definition) is 3. The smallest absolute Gasteiger partial charge is 0.415 e. The molecule has 2 amide bonds. The fourth-order valence-corrected chi connectivity index (χ4v) is 5.32. The van der Waals surface area contributed by atoms with Crippen LogP contribution in [0.4, 0.5) is 16.4 Å². The van der Waals surface area contributed by atoms with E-state index in [-0.39, 0.29) is 17.9 Å². The van der Waals surface area contributed by atoms with Crippen molar-refractivity contribution in [3.63, 3.8) is 0 Å². The number of anilines is 2. The number of rotatable bonds is 6. The number of carbonyl (C=O) groups is 2. The first kappa shape index (κ1) is 21.7. The largest absolute Gasteiger partial charge is 0.444 e. The molecular formula is C23H23N5O4S. The van der Waals surface area contributed by atoms with E-state index >= 15 is 0 Å². The maximum Gasteiger partial charge on any atom is 0.415 e. The highest BCUT2D eigenvalue weighted by Gasteiger charge is 2.35. The molecule has 2 aromatic rings. The van der Waals surface area contributed by atoms with Crippen LogP contribution in [0.15, 0.2) is 35.2 Å². The number of carbonyl (C=O) groups excluding carboxylic acids is 2. The summed E-state index contributed by atoms with van der Waals surface area (Å²) in [5, 5.41) is 26.0. The number of nitrogens with zero attached hydrogens (tertiary/aromatic N) is 3. The van der Waals surface area contributed by atoms with Crippen LogP contribution < -0.4 is 15.5 Å². The number of thioether (sulfide) groups is 1. The molecule has 0 saturated carbocycles. The molecule has 33 heavy (non-hydrogen) atoms. The molecule has 0 bridgehead atoms. The molecular weight excluding hydrogens is 442 g/mol. The number of aliphatic hydroxyl groups is 1. The predicted octanol–water partition coefficient (Wildman–Crippen LogP) is 2.21. The molecule has 1 aliphatic carbocycles. The number of pyridine rings is 1. The molecule has 9 nitrogen and oxygen atoms in total. The summed E-state index contributed by atoms with van der Waals surface area (Å²) in [6.07, 6.45) is -0.0317. The third-order valence-electron chi connectivity index (χ3n) is 6.20. The van der Waals surface area contributed by atoms with Crippen molar-refractivity contribution in [2.45, 2.75) is 29.9 Å². The number of fused-ring (bicyclic) bond motifs is 2. The molecule has 10 heteroatoms. The molecule has 0 radical (unpaired) electrons. The van der Waals surface area contributed by atoms with Crippen molar-refractivity contribution in [3.8, 4) is 6.07 Å². The second-order valence-electron chi connectivity index (χ2n) is 8.36. The van der Waals surface area contributed by atoms with Crippen LogP contribution in [0.5, 0.6) is 0 Å². The molecule has 1 aromatic heterocycles. The first-order valence-electron chi connectivity index (χ1n) is 10.9. The van der Waals surface area contributed by atoms with E-state index in [2.05, 4.69) is 21.7 Å². The third kappa shape index (κ3) is 4.27. The molecule has 0 spiro atoms. The highest BCUT2D eigenvalue weighted by molar-refractivity contribution is 8.00. The van der Waals surface area contributed by atoms with Gasteiger partial charge >= 0.3 is 6.09 Å². The molecule has 170 valence electrons. The van der Waals surface area contributed by atoms with Gasteiger partial charge in [0, 0.05) is 18.0 Å². The van der Waals surface area contributed by atoms with Crippen LogP contribution in [0.1, 0.15) is 29.2 Å². The summed E-state index contributed by atoms with van der Waals surface area (Å²) >= 11 is 1.42. The fraction of sp³-hybridized carbons (Fsp3) is 0.391. The third-order valence-corrected chi connectivity index (χ3v) is 7.25. The molecule has 3 atom stereocenters. The summed E-state index contributed by atoms with van der Waals surface area (Å²) < 4.78 is 5.50. The van der Waals surface area contributed by atoms with Crippen molar-refractivity contribution in [2.24, 2.45) is 5.92 Å². The lowest BCUT2D eigenvalue weighted by Crippen LogP contribution is -2.30. The van der Waals surface area contributed by atoms with E-state index in [0.717, 1.165) is 22.4 Å². The maximum atomic E-state index is 12.4. The first-order valence-corrected chi connectivity index (χ1v) is 11.8. The number of hydrogen-bond acceptors (Lipinski definition) is 8. The minimum atomic E-state index is -0.656. The molecule has 3 unspecified atom stereocenters. The summed E-state index contributed by atoms with van der Waals surface area (Å²) in [5.74, 6) is 1.19. The quantitative estimate of drug-likeness (QED) is 0.554. The van der Waals surface area contributed by atoms with E-state index in [1.807, 2.05) is 18.2 Å². The van der Waals surface area contributed by atoms with Gasteiger partial charge in [0.15, 0.2) is 0 Å². The number of aliphatic hydroxyl groups excluding tert-OH is 1. The van der Waals surface area contributed by atoms with E-state index in [9.17, 15) is 20.0 Å². The molecule has 3 aliphatic rings. The van der Waals surface area contributed by atoms with E-state index in [1.165, 1.54) is 16.7 Å². The lowest BCUT2D eigenvalue weighted by Gasteiger charge is -2.18. The normalized spacial score (nSPS) is 23.5. The summed E-state index contributed by atoms with van der Waals surface area (Å²) in [6.45, 7) is 1.62. The van der Waals surface area contributed by atoms with Crippen molar-refractivity contribution in [1.82, 2.24) is 10.3 Å². The number of ether oxygens (including phenoxy) is 1. The Bertz CT molecular complexity index is 1150. The van der Waals surface area contributed by atoms with Gasteiger partial charge in [-0.3, -0.25) is 9.69 Å². The molecule has 1 saturated heterocycles. The zero-order valence-electron chi connectivity index (χ0n) is 17.8. The van der Waals surface area contributed by atoms with Crippen molar-refractivity contribution >= 4 is 35.4 Å². The van der Waals surface area contributed by atoms with E-state index < -0.39 is 12.2 Å². The minimum Gasteiger partial charge on any atom is -0.444 e. The number of cyclic esters (lactones) is 1. The average molecular weight is 466 g/mol. The number of nitrogens with one attached hydrogen (secondary N) is 2. The molecule has 3 N–H and O–H groups in total. The van der Waals surface area contributed by atoms with Crippen molar-refractivity contribution in [2.75, 3.05) is 35.6 Å². The molecule has 5 rings (SSSR count). The zero-order valence-corrected chi connectivity index (χ0v) is 18.6. The van der Waals surface area contributed by atoms with Crippen molar-refractivity contribution < 1.29 is 19.4 Å². The van der Waals surface area contributed by atoms with Gasteiger partial charge in [0.2, 0.25) is 5.91 Å². The summed E-state index contributed by atoms with van der Waals surface area (Å²) in [4.78, 5) is 30.8. The first-order chi connectivity index (χ1) is 16.0. The Balaban J connectivity index is 1.12. The Kier molecular flexibility index (Phi) is 5.93. The van der Waals surface area contributed by atoms with Gasteiger partial charge in [-0.25, -0.2) is 9.78 Å². The Labute approximate surface area is 195 Å². The topological polar surface area (TPSA) is 128 Å². The molecule has 2 aliphatic heterocycles. The van der Waals surface area contributed by atoms with Gasteiger partial charge < -0.3 is 20.5 Å². The number of aromatic nitrogens is 1. The SMILES string of the molecule is N#Cc1cccc2c1C(O)C(CNCCC1CN(c3ccc4c(n3)NC(=O)CS4)C(=O)O1)C2. The number of amides is 2. The molecule has 3 heterocycles. The van der Waals surface area contributed by atoms with Crippen LogP contribution in [0.3, 0.4) is 0 Å². The Morgan fingerprint density at radius 2 is 2.21 bits per heavy atom. The highest BCUT2D eigenvalue weighted by atomic mass is 32.2. The summed E-state index contributed by atoms with van der Waals surface area (Å²) in [5.41, 5.74) is 2.31. The van der Waals surface area contributed by atoms with E-state index in [0.29, 0.717) is 49.0 Å². The van der Waals surface area contributed by atoms with E-state index in [1.54, 1.807) is 12.1 Å². The summed E-state index contributed by atoms with van der Waals surface area (Å²) in [6, 6.07) is 11.3. The maximum absolute atomic E-state index is 12.4. The Hall–Kier alpha value is -3.13. The van der Waals surface area contributed by atoms with Gasteiger partial charge in [-0.05, 0) is 43.1 Å². The van der Waals surface area contributed by atoms with Crippen LogP contribution in [-0.2, 0) is 16.0 Å². The lowest BCUT2D eigenvalue weighted by atomic mass is 10.0. The number of nitriles is 1.